The van der Waals surface area contributed by atoms with Crippen LogP contribution in [0.4, 0.5) is 4.79 Å². The maximum Gasteiger partial charge on any atom is 0.335 e. The predicted octanol–water partition coefficient (Wildman–Crippen LogP) is -1.69. The molecule has 0 unspecified atom stereocenters. The predicted molar refractivity (Wildman–Crippen MR) is 93.1 cm³/mol. The van der Waals surface area contributed by atoms with Gasteiger partial charge in [0.1, 0.15) is 18.3 Å². The van der Waals surface area contributed by atoms with Crippen molar-refractivity contribution >= 4 is 23.8 Å². The maximum atomic E-state index is 13.4. The Hall–Kier alpha value is -2.86. The smallest absolute Gasteiger partial charge is 0.335 e. The van der Waals surface area contributed by atoms with E-state index in [1.54, 1.807) is 25.1 Å². The van der Waals surface area contributed by atoms with Crippen LogP contribution in [0.3, 0.4) is 0 Å². The lowest BCUT2D eigenvalue weighted by molar-refractivity contribution is -0.252. The topological polar surface area (TPSA) is 174 Å². The zero-order valence-corrected chi connectivity index (χ0v) is 15.3. The van der Waals surface area contributed by atoms with Crippen LogP contribution in [0.5, 0.6) is 0 Å². The maximum absolute atomic E-state index is 13.4. The number of nitrogens with one attached hydrogen (secondary N) is 1. The number of urea groups is 1. The summed E-state index contributed by atoms with van der Waals surface area (Å²) in [6.45, 7) is 1.55. The van der Waals surface area contributed by atoms with Gasteiger partial charge in [0.2, 0.25) is 5.91 Å². The third-order valence-corrected chi connectivity index (χ3v) is 5.29. The number of carbonyl (C=O) groups is 4. The Labute approximate surface area is 164 Å². The van der Waals surface area contributed by atoms with Crippen LogP contribution in [0.2, 0.25) is 0 Å². The van der Waals surface area contributed by atoms with E-state index in [2.05, 4.69) is 0 Å². The van der Waals surface area contributed by atoms with Gasteiger partial charge in [0.25, 0.3) is 5.91 Å². The lowest BCUT2D eigenvalue weighted by Crippen LogP contribution is -2.73. The van der Waals surface area contributed by atoms with Crippen molar-refractivity contribution in [3.05, 3.63) is 35.9 Å². The highest BCUT2D eigenvalue weighted by atomic mass is 16.6. The number of benzene rings is 1. The summed E-state index contributed by atoms with van der Waals surface area (Å²) in [6.07, 6.45) is -10.0. The Balaban J connectivity index is 2.07. The van der Waals surface area contributed by atoms with E-state index in [-0.39, 0.29) is 12.0 Å². The number of barbiturate groups is 1. The molecule has 1 aromatic carbocycles. The average molecular weight is 408 g/mol. The second-order valence-electron chi connectivity index (χ2n) is 6.82. The lowest BCUT2D eigenvalue weighted by Gasteiger charge is -2.47. The number of nitrogens with zero attached hydrogens (tertiary/aromatic N) is 1. The van der Waals surface area contributed by atoms with E-state index in [1.165, 1.54) is 12.1 Å². The van der Waals surface area contributed by atoms with Gasteiger partial charge in [-0.15, -0.1) is 0 Å². The fraction of sp³-hybridized carbons (Fsp3) is 0.444. The van der Waals surface area contributed by atoms with Gasteiger partial charge in [-0.3, -0.25) is 14.9 Å². The molecule has 0 aromatic heterocycles. The van der Waals surface area contributed by atoms with E-state index in [4.69, 9.17) is 4.74 Å². The zero-order chi connectivity index (χ0) is 21.5. The first-order chi connectivity index (χ1) is 13.7. The van der Waals surface area contributed by atoms with Gasteiger partial charge in [-0.1, -0.05) is 37.3 Å². The summed E-state index contributed by atoms with van der Waals surface area (Å²) >= 11 is 0. The number of hydrogen-bond donors (Lipinski definition) is 5. The van der Waals surface area contributed by atoms with Crippen molar-refractivity contribution in [3.63, 3.8) is 0 Å². The average Bonchev–Trinajstić information content (AvgIpc) is 2.69. The Bertz CT molecular complexity index is 845. The molecular weight excluding hydrogens is 388 g/mol. The van der Waals surface area contributed by atoms with Crippen molar-refractivity contribution in [2.45, 2.75) is 49.4 Å². The van der Waals surface area contributed by atoms with Gasteiger partial charge in [0.15, 0.2) is 17.7 Å². The molecular formula is C18H20N2O9. The number of imide groups is 2. The number of aliphatic hydroxyl groups excluding tert-OH is 3. The Morgan fingerprint density at radius 1 is 1.10 bits per heavy atom. The number of aliphatic carboxylic acids is 1. The molecule has 11 heteroatoms. The number of amides is 4. The molecule has 6 atom stereocenters. The van der Waals surface area contributed by atoms with Gasteiger partial charge in [0, 0.05) is 0 Å². The van der Waals surface area contributed by atoms with Crippen molar-refractivity contribution in [1.29, 1.82) is 0 Å². The number of aliphatic hydroxyl groups is 3. The monoisotopic (exact) mass is 408 g/mol. The van der Waals surface area contributed by atoms with Crippen LogP contribution < -0.4 is 5.32 Å². The second kappa shape index (κ2) is 7.52. The molecule has 3 rings (SSSR count). The summed E-state index contributed by atoms with van der Waals surface area (Å²) in [5.74, 6) is -3.59. The zero-order valence-electron chi connectivity index (χ0n) is 15.3. The second-order valence-corrected chi connectivity index (χ2v) is 6.82. The molecule has 1 aromatic rings. The van der Waals surface area contributed by atoms with E-state index in [1.807, 2.05) is 5.32 Å². The molecule has 0 saturated carbocycles. The molecule has 2 aliphatic rings. The minimum atomic E-state index is -2.01. The Morgan fingerprint density at radius 3 is 2.28 bits per heavy atom. The summed E-state index contributed by atoms with van der Waals surface area (Å²) in [6, 6.07) is 6.67. The first-order valence-electron chi connectivity index (χ1n) is 8.83. The SMILES string of the molecule is CC[C@@]1(c2ccccc2)C(=O)NC(=O)N([C@@H]2O[C@H](C(=O)O)[C@@H](O)[C@H](O)[C@H]2O)C1=O. The van der Waals surface area contributed by atoms with Crippen molar-refractivity contribution in [3.8, 4) is 0 Å². The van der Waals surface area contributed by atoms with Crippen molar-refractivity contribution in [2.24, 2.45) is 0 Å². The molecule has 2 saturated heterocycles. The molecule has 0 radical (unpaired) electrons. The molecule has 0 aliphatic carbocycles. The normalized spacial score (nSPS) is 35.4. The van der Waals surface area contributed by atoms with Gasteiger partial charge in [-0.05, 0) is 12.0 Å². The minimum absolute atomic E-state index is 0.0538. The van der Waals surface area contributed by atoms with Crippen LogP contribution >= 0.6 is 0 Å². The van der Waals surface area contributed by atoms with E-state index < -0.39 is 59.9 Å². The molecule has 5 N–H and O–H groups in total. The van der Waals surface area contributed by atoms with Gasteiger partial charge in [0.05, 0.1) is 0 Å². The first-order valence-corrected chi connectivity index (χ1v) is 8.83. The molecule has 4 amide bonds. The van der Waals surface area contributed by atoms with Crippen LogP contribution in [0.25, 0.3) is 0 Å². The van der Waals surface area contributed by atoms with Gasteiger partial charge in [-0.2, -0.15) is 0 Å². The van der Waals surface area contributed by atoms with Crippen LogP contribution in [0.1, 0.15) is 18.9 Å². The first kappa shape index (κ1) is 20.9. The number of rotatable bonds is 4. The number of ether oxygens (including phenoxy) is 1. The number of carboxylic acids is 1. The quantitative estimate of drug-likeness (QED) is 0.364. The molecule has 2 fully saturated rings. The summed E-state index contributed by atoms with van der Waals surface area (Å²) in [4.78, 5) is 50.2. The van der Waals surface area contributed by atoms with Crippen LogP contribution in [0.15, 0.2) is 30.3 Å². The van der Waals surface area contributed by atoms with E-state index in [9.17, 15) is 39.6 Å². The molecule has 156 valence electrons. The van der Waals surface area contributed by atoms with Crippen molar-refractivity contribution in [1.82, 2.24) is 10.2 Å². The number of carboxylic acid groups (broad SMARTS) is 1. The van der Waals surface area contributed by atoms with Crippen LogP contribution in [-0.2, 0) is 24.5 Å². The van der Waals surface area contributed by atoms with Gasteiger partial charge >= 0.3 is 12.0 Å². The van der Waals surface area contributed by atoms with Crippen molar-refractivity contribution in [2.75, 3.05) is 0 Å². The summed E-state index contributed by atoms with van der Waals surface area (Å²) in [7, 11) is 0. The third kappa shape index (κ3) is 3.08. The highest BCUT2D eigenvalue weighted by molar-refractivity contribution is 6.23. The lowest BCUT2D eigenvalue weighted by atomic mass is 9.74. The number of hydrogen-bond acceptors (Lipinski definition) is 8. The molecule has 0 spiro atoms. The molecule has 2 heterocycles. The van der Waals surface area contributed by atoms with Crippen LogP contribution in [0, 0.1) is 0 Å². The Kier molecular flexibility index (Phi) is 5.41. The van der Waals surface area contributed by atoms with Gasteiger partial charge in [-0.25, -0.2) is 14.5 Å². The van der Waals surface area contributed by atoms with Crippen molar-refractivity contribution < 1.29 is 44.3 Å². The molecule has 11 nitrogen and oxygen atoms in total. The Morgan fingerprint density at radius 2 is 1.72 bits per heavy atom. The number of carbonyl (C=O) groups excluding carboxylic acids is 3. The van der Waals surface area contributed by atoms with E-state index in [0.29, 0.717) is 4.90 Å². The molecule has 29 heavy (non-hydrogen) atoms. The summed E-state index contributed by atoms with van der Waals surface area (Å²) in [5, 5.41) is 41.4. The minimum Gasteiger partial charge on any atom is -0.479 e. The fourth-order valence-electron chi connectivity index (χ4n) is 3.66. The van der Waals surface area contributed by atoms with Crippen LogP contribution in [-0.4, -0.2) is 79.8 Å². The fourth-order valence-corrected chi connectivity index (χ4v) is 3.66. The largest absolute Gasteiger partial charge is 0.479 e. The highest BCUT2D eigenvalue weighted by Crippen LogP contribution is 2.36. The summed E-state index contributed by atoms with van der Waals surface area (Å²) < 4.78 is 5.11. The highest BCUT2D eigenvalue weighted by Gasteiger charge is 2.59. The molecule has 0 bridgehead atoms. The standard InChI is InChI=1S/C18H20N2O9/c1-2-18(8-6-4-3-5-7-8)15(26)19-17(28)20(16(18)27)13-11(23)9(21)10(22)12(29-13)14(24)25/h3-7,9-13,21-23H,2H2,1H3,(H,24,25)(H,19,26,28)/t9-,10-,11+,12-,13+,18+/m0/s1. The summed E-state index contributed by atoms with van der Waals surface area (Å²) in [5.41, 5.74) is -1.55. The molecule has 2 aliphatic heterocycles. The van der Waals surface area contributed by atoms with Gasteiger partial charge < -0.3 is 25.2 Å². The van der Waals surface area contributed by atoms with E-state index >= 15 is 0 Å². The third-order valence-electron chi connectivity index (χ3n) is 5.29. The van der Waals surface area contributed by atoms with E-state index in [0.717, 1.165) is 0 Å².